The van der Waals surface area contributed by atoms with Gasteiger partial charge in [0, 0.05) is 28.8 Å². The van der Waals surface area contributed by atoms with Gasteiger partial charge in [0.15, 0.2) is 0 Å². The average Bonchev–Trinajstić information content (AvgIpc) is 2.61. The molecule has 1 aliphatic rings. The molecule has 0 amide bonds. The fraction of sp³-hybridized carbons (Fsp3) is 0.462. The van der Waals surface area contributed by atoms with Gasteiger partial charge in [-0.05, 0) is 54.5 Å². The highest BCUT2D eigenvalue weighted by atomic mass is 79.9. The number of nitrogens with zero attached hydrogens (tertiary/aromatic N) is 2. The topological polar surface area (TPSA) is 39.1 Å². The Morgan fingerprint density at radius 1 is 1.53 bits per heavy atom. The summed E-state index contributed by atoms with van der Waals surface area (Å²) in [4.78, 5) is 2.36. The van der Waals surface area contributed by atoms with Crippen molar-refractivity contribution in [2.75, 3.05) is 18.9 Å². The maximum Gasteiger partial charge on any atom is 0.0992 e. The van der Waals surface area contributed by atoms with E-state index in [-0.39, 0.29) is 0 Å². The predicted octanol–water partition coefficient (Wildman–Crippen LogP) is 2.83. The summed E-state index contributed by atoms with van der Waals surface area (Å²) >= 11 is 3.50. The molecule has 2 unspecified atom stereocenters. The Labute approximate surface area is 111 Å². The SMILES string of the molecule is CC1CC(Nc2ccc(C#N)cc2Br)CN1C. The summed E-state index contributed by atoms with van der Waals surface area (Å²) in [5, 5.41) is 12.3. The van der Waals surface area contributed by atoms with Gasteiger partial charge in [0.05, 0.1) is 11.6 Å². The van der Waals surface area contributed by atoms with E-state index in [2.05, 4.69) is 46.2 Å². The summed E-state index contributed by atoms with van der Waals surface area (Å²) in [5.41, 5.74) is 1.75. The third-order valence-corrected chi connectivity index (χ3v) is 4.00. The normalized spacial score (nSPS) is 24.6. The van der Waals surface area contributed by atoms with Gasteiger partial charge in [0.2, 0.25) is 0 Å². The van der Waals surface area contributed by atoms with Crippen molar-refractivity contribution in [1.29, 1.82) is 5.26 Å². The highest BCUT2D eigenvalue weighted by Crippen LogP contribution is 2.26. The van der Waals surface area contributed by atoms with Crippen LogP contribution in [0.2, 0.25) is 0 Å². The molecule has 1 aromatic rings. The minimum atomic E-state index is 0.485. The highest BCUT2D eigenvalue weighted by molar-refractivity contribution is 9.10. The minimum absolute atomic E-state index is 0.485. The van der Waals surface area contributed by atoms with Crippen molar-refractivity contribution in [2.24, 2.45) is 0 Å². The fourth-order valence-electron chi connectivity index (χ4n) is 2.22. The number of benzene rings is 1. The Kier molecular flexibility index (Phi) is 3.70. The molecular weight excluding hydrogens is 278 g/mol. The Bertz CT molecular complexity index is 442. The number of nitrogens with one attached hydrogen (secondary N) is 1. The van der Waals surface area contributed by atoms with E-state index >= 15 is 0 Å². The van der Waals surface area contributed by atoms with Crippen molar-refractivity contribution in [2.45, 2.75) is 25.4 Å². The molecule has 1 heterocycles. The zero-order valence-electron chi connectivity index (χ0n) is 10.1. The molecule has 1 N–H and O–H groups in total. The molecule has 0 bridgehead atoms. The summed E-state index contributed by atoms with van der Waals surface area (Å²) < 4.78 is 0.957. The molecule has 17 heavy (non-hydrogen) atoms. The summed E-state index contributed by atoms with van der Waals surface area (Å²) in [6.45, 7) is 3.31. The van der Waals surface area contributed by atoms with Crippen LogP contribution < -0.4 is 5.32 Å². The smallest absolute Gasteiger partial charge is 0.0992 e. The number of likely N-dealkylation sites (tertiary alicyclic amines) is 1. The van der Waals surface area contributed by atoms with Gasteiger partial charge >= 0.3 is 0 Å². The van der Waals surface area contributed by atoms with Gasteiger partial charge in [-0.3, -0.25) is 0 Å². The molecule has 1 aliphatic heterocycles. The lowest BCUT2D eigenvalue weighted by Gasteiger charge is -2.15. The van der Waals surface area contributed by atoms with Crippen LogP contribution in [0.15, 0.2) is 22.7 Å². The molecule has 0 spiro atoms. The Morgan fingerprint density at radius 3 is 2.82 bits per heavy atom. The summed E-state index contributed by atoms with van der Waals surface area (Å²) in [6, 6.07) is 8.91. The number of likely N-dealkylation sites (N-methyl/N-ethyl adjacent to an activating group) is 1. The predicted molar refractivity (Wildman–Crippen MR) is 73.0 cm³/mol. The quantitative estimate of drug-likeness (QED) is 0.911. The second kappa shape index (κ2) is 5.07. The third kappa shape index (κ3) is 2.80. The van der Waals surface area contributed by atoms with Gasteiger partial charge < -0.3 is 10.2 Å². The van der Waals surface area contributed by atoms with Crippen LogP contribution in [-0.2, 0) is 0 Å². The third-order valence-electron chi connectivity index (χ3n) is 3.34. The number of anilines is 1. The van der Waals surface area contributed by atoms with Crippen molar-refractivity contribution in [1.82, 2.24) is 4.90 Å². The lowest BCUT2D eigenvalue weighted by Crippen LogP contribution is -2.25. The van der Waals surface area contributed by atoms with E-state index in [1.807, 2.05) is 18.2 Å². The maximum absolute atomic E-state index is 8.81. The van der Waals surface area contributed by atoms with Gasteiger partial charge in [-0.1, -0.05) is 0 Å². The second-order valence-corrected chi connectivity index (χ2v) is 5.53. The van der Waals surface area contributed by atoms with Gasteiger partial charge in [0.1, 0.15) is 0 Å². The molecular formula is C13H16BrN3. The number of hydrogen-bond acceptors (Lipinski definition) is 3. The summed E-state index contributed by atoms with van der Waals surface area (Å²) in [5.74, 6) is 0. The number of hydrogen-bond donors (Lipinski definition) is 1. The molecule has 2 atom stereocenters. The van der Waals surface area contributed by atoms with Gasteiger partial charge in [-0.15, -0.1) is 0 Å². The Morgan fingerprint density at radius 2 is 2.29 bits per heavy atom. The van der Waals surface area contributed by atoms with E-state index < -0.39 is 0 Å². The molecule has 0 saturated carbocycles. The molecule has 1 saturated heterocycles. The molecule has 0 aromatic heterocycles. The first-order valence-electron chi connectivity index (χ1n) is 5.76. The molecule has 1 aromatic carbocycles. The van der Waals surface area contributed by atoms with Crippen molar-refractivity contribution >= 4 is 21.6 Å². The molecule has 4 heteroatoms. The monoisotopic (exact) mass is 293 g/mol. The average molecular weight is 294 g/mol. The Hall–Kier alpha value is -1.05. The molecule has 90 valence electrons. The van der Waals surface area contributed by atoms with E-state index in [4.69, 9.17) is 5.26 Å². The zero-order chi connectivity index (χ0) is 12.4. The number of rotatable bonds is 2. The van der Waals surface area contributed by atoms with Crippen LogP contribution in [0.4, 0.5) is 5.69 Å². The van der Waals surface area contributed by atoms with Gasteiger partial charge in [-0.2, -0.15) is 5.26 Å². The van der Waals surface area contributed by atoms with Crippen LogP contribution in [0.1, 0.15) is 18.9 Å². The van der Waals surface area contributed by atoms with Crippen molar-refractivity contribution in [3.63, 3.8) is 0 Å². The first-order valence-corrected chi connectivity index (χ1v) is 6.56. The van der Waals surface area contributed by atoms with E-state index in [0.29, 0.717) is 17.6 Å². The molecule has 2 rings (SSSR count). The van der Waals surface area contributed by atoms with Crippen molar-refractivity contribution in [3.8, 4) is 6.07 Å². The number of halogens is 1. The van der Waals surface area contributed by atoms with Crippen LogP contribution in [-0.4, -0.2) is 30.6 Å². The zero-order valence-corrected chi connectivity index (χ0v) is 11.7. The van der Waals surface area contributed by atoms with Crippen LogP contribution in [0.5, 0.6) is 0 Å². The Balaban J connectivity index is 2.07. The lowest BCUT2D eigenvalue weighted by molar-refractivity contribution is 0.330. The van der Waals surface area contributed by atoms with Crippen LogP contribution in [0.3, 0.4) is 0 Å². The van der Waals surface area contributed by atoms with Gasteiger partial charge in [0.25, 0.3) is 0 Å². The first kappa shape index (κ1) is 12.4. The van der Waals surface area contributed by atoms with E-state index in [9.17, 15) is 0 Å². The maximum atomic E-state index is 8.81. The summed E-state index contributed by atoms with van der Waals surface area (Å²) in [6.07, 6.45) is 1.16. The largest absolute Gasteiger partial charge is 0.380 e. The standard InChI is InChI=1S/C13H16BrN3/c1-9-5-11(8-17(9)2)16-13-4-3-10(7-15)6-12(13)14/h3-4,6,9,11,16H,5,8H2,1-2H3. The summed E-state index contributed by atoms with van der Waals surface area (Å²) in [7, 11) is 2.15. The van der Waals surface area contributed by atoms with Crippen LogP contribution in [0.25, 0.3) is 0 Å². The first-order chi connectivity index (χ1) is 8.10. The van der Waals surface area contributed by atoms with Crippen molar-refractivity contribution < 1.29 is 0 Å². The fourth-order valence-corrected chi connectivity index (χ4v) is 2.71. The van der Waals surface area contributed by atoms with E-state index in [1.54, 1.807) is 0 Å². The van der Waals surface area contributed by atoms with Crippen LogP contribution >= 0.6 is 15.9 Å². The van der Waals surface area contributed by atoms with Crippen molar-refractivity contribution in [3.05, 3.63) is 28.2 Å². The molecule has 1 fully saturated rings. The number of nitriles is 1. The second-order valence-electron chi connectivity index (χ2n) is 4.67. The van der Waals surface area contributed by atoms with E-state index in [1.165, 1.54) is 0 Å². The molecule has 0 radical (unpaired) electrons. The highest BCUT2D eigenvalue weighted by Gasteiger charge is 2.26. The van der Waals surface area contributed by atoms with Gasteiger partial charge in [-0.25, -0.2) is 0 Å². The molecule has 0 aliphatic carbocycles. The lowest BCUT2D eigenvalue weighted by atomic mass is 10.1. The van der Waals surface area contributed by atoms with Crippen LogP contribution in [0, 0.1) is 11.3 Å². The van der Waals surface area contributed by atoms with E-state index in [0.717, 1.165) is 23.1 Å². The molecule has 3 nitrogen and oxygen atoms in total. The minimum Gasteiger partial charge on any atom is -0.380 e.